The number of nitrogen functional groups attached to an aromatic ring is 1. The van der Waals surface area contributed by atoms with Gasteiger partial charge in [-0.05, 0) is 24.6 Å². The van der Waals surface area contributed by atoms with Gasteiger partial charge in [-0.25, -0.2) is 4.79 Å². The number of rotatable bonds is 2. The Morgan fingerprint density at radius 1 is 1.38 bits per heavy atom. The number of hydrogen-bond donors (Lipinski definition) is 2. The van der Waals surface area contributed by atoms with Crippen molar-refractivity contribution in [1.82, 2.24) is 0 Å². The van der Waals surface area contributed by atoms with Crippen molar-refractivity contribution >= 4 is 23.3 Å². The number of nitrogens with one attached hydrogen (secondary N) is 1. The predicted molar refractivity (Wildman–Crippen MR) is 61.2 cm³/mol. The molecule has 0 fully saturated rings. The smallest absolute Gasteiger partial charge is 0.338 e. The molecule has 0 heterocycles. The van der Waals surface area contributed by atoms with Crippen molar-refractivity contribution in [1.29, 1.82) is 0 Å². The van der Waals surface area contributed by atoms with Gasteiger partial charge in [0, 0.05) is 6.92 Å². The Kier molecular flexibility index (Phi) is 3.50. The average molecular weight is 222 g/mol. The number of methoxy groups -OCH3 is 1. The molecule has 1 aromatic rings. The third-order valence-corrected chi connectivity index (χ3v) is 2.11. The third kappa shape index (κ3) is 2.50. The normalized spacial score (nSPS) is 9.69. The van der Waals surface area contributed by atoms with Gasteiger partial charge < -0.3 is 15.8 Å². The number of anilines is 2. The minimum absolute atomic E-state index is 0.211. The van der Waals surface area contributed by atoms with Crippen LogP contribution in [0.4, 0.5) is 11.4 Å². The highest BCUT2D eigenvalue weighted by molar-refractivity contribution is 5.97. The van der Waals surface area contributed by atoms with Crippen LogP contribution in [-0.2, 0) is 9.53 Å². The van der Waals surface area contributed by atoms with Gasteiger partial charge in [0.05, 0.1) is 24.0 Å². The van der Waals surface area contributed by atoms with Gasteiger partial charge in [-0.1, -0.05) is 0 Å². The fourth-order valence-electron chi connectivity index (χ4n) is 1.35. The molecule has 1 aromatic carbocycles. The molecular formula is C11H14N2O3. The van der Waals surface area contributed by atoms with Crippen LogP contribution in [0, 0.1) is 6.92 Å². The Morgan fingerprint density at radius 3 is 2.50 bits per heavy atom. The lowest BCUT2D eigenvalue weighted by Gasteiger charge is -2.10. The molecule has 0 aliphatic rings. The Balaban J connectivity index is 3.16. The van der Waals surface area contributed by atoms with Crippen molar-refractivity contribution in [3.8, 4) is 0 Å². The first-order valence-corrected chi connectivity index (χ1v) is 4.71. The van der Waals surface area contributed by atoms with Crippen LogP contribution in [0.3, 0.4) is 0 Å². The maximum atomic E-state index is 11.4. The van der Waals surface area contributed by atoms with E-state index < -0.39 is 5.97 Å². The summed E-state index contributed by atoms with van der Waals surface area (Å²) >= 11 is 0. The number of carbonyl (C=O) groups is 2. The lowest BCUT2D eigenvalue weighted by molar-refractivity contribution is -0.114. The number of hydrogen-bond acceptors (Lipinski definition) is 4. The standard InChI is InChI=1S/C11H14N2O3/c1-6-4-10(13-7(2)14)9(12)5-8(6)11(15)16-3/h4-5H,12H2,1-3H3,(H,13,14). The molecule has 5 nitrogen and oxygen atoms in total. The molecule has 0 spiro atoms. The monoisotopic (exact) mass is 222 g/mol. The molecule has 86 valence electrons. The fourth-order valence-corrected chi connectivity index (χ4v) is 1.35. The minimum Gasteiger partial charge on any atom is -0.465 e. The lowest BCUT2D eigenvalue weighted by atomic mass is 10.1. The van der Waals surface area contributed by atoms with Crippen molar-refractivity contribution in [3.05, 3.63) is 23.3 Å². The topological polar surface area (TPSA) is 81.4 Å². The second kappa shape index (κ2) is 4.65. The third-order valence-electron chi connectivity index (χ3n) is 2.11. The second-order valence-corrected chi connectivity index (χ2v) is 3.43. The molecule has 3 N–H and O–H groups in total. The summed E-state index contributed by atoms with van der Waals surface area (Å²) in [7, 11) is 1.31. The molecule has 0 unspecified atom stereocenters. The molecular weight excluding hydrogens is 208 g/mol. The maximum absolute atomic E-state index is 11.4. The number of ether oxygens (including phenoxy) is 1. The first kappa shape index (κ1) is 12.0. The minimum atomic E-state index is -0.446. The van der Waals surface area contributed by atoms with Gasteiger partial charge in [0.1, 0.15) is 0 Å². The van der Waals surface area contributed by atoms with E-state index in [0.29, 0.717) is 22.5 Å². The molecule has 0 aliphatic heterocycles. The van der Waals surface area contributed by atoms with E-state index in [1.54, 1.807) is 13.0 Å². The van der Waals surface area contributed by atoms with Crippen LogP contribution in [0.25, 0.3) is 0 Å². The summed E-state index contributed by atoms with van der Waals surface area (Å²) in [4.78, 5) is 22.2. The molecule has 0 atom stereocenters. The molecule has 0 radical (unpaired) electrons. The van der Waals surface area contributed by atoms with E-state index in [2.05, 4.69) is 10.1 Å². The van der Waals surface area contributed by atoms with Crippen molar-refractivity contribution in [3.63, 3.8) is 0 Å². The fraction of sp³-hybridized carbons (Fsp3) is 0.273. The molecule has 0 saturated carbocycles. The molecule has 0 bridgehead atoms. The molecule has 0 aliphatic carbocycles. The number of nitrogens with two attached hydrogens (primary N) is 1. The summed E-state index contributed by atoms with van der Waals surface area (Å²) in [5.41, 5.74) is 7.64. The largest absolute Gasteiger partial charge is 0.465 e. The van der Waals surface area contributed by atoms with Crippen LogP contribution in [-0.4, -0.2) is 19.0 Å². The van der Waals surface area contributed by atoms with Crippen LogP contribution in [0.5, 0.6) is 0 Å². The molecule has 1 rings (SSSR count). The zero-order chi connectivity index (χ0) is 12.3. The Morgan fingerprint density at radius 2 is 2.00 bits per heavy atom. The highest BCUT2D eigenvalue weighted by Gasteiger charge is 2.12. The van der Waals surface area contributed by atoms with E-state index >= 15 is 0 Å². The number of amides is 1. The quantitative estimate of drug-likeness (QED) is 0.584. The number of carbonyl (C=O) groups excluding carboxylic acids is 2. The van der Waals surface area contributed by atoms with Gasteiger partial charge in [-0.15, -0.1) is 0 Å². The second-order valence-electron chi connectivity index (χ2n) is 3.43. The Hall–Kier alpha value is -2.04. The van der Waals surface area contributed by atoms with Crippen molar-refractivity contribution < 1.29 is 14.3 Å². The van der Waals surface area contributed by atoms with Crippen LogP contribution in [0.15, 0.2) is 12.1 Å². The van der Waals surface area contributed by atoms with Gasteiger partial charge in [-0.3, -0.25) is 4.79 Å². The summed E-state index contributed by atoms with van der Waals surface area (Å²) in [5.74, 6) is -0.657. The van der Waals surface area contributed by atoms with Crippen molar-refractivity contribution in [2.75, 3.05) is 18.2 Å². The molecule has 16 heavy (non-hydrogen) atoms. The number of aryl methyl sites for hydroxylation is 1. The van der Waals surface area contributed by atoms with Crippen LogP contribution >= 0.6 is 0 Å². The van der Waals surface area contributed by atoms with Crippen LogP contribution < -0.4 is 11.1 Å². The summed E-state index contributed by atoms with van der Waals surface area (Å²) in [6, 6.07) is 3.13. The summed E-state index contributed by atoms with van der Waals surface area (Å²) in [6.07, 6.45) is 0. The molecule has 0 aromatic heterocycles. The summed E-state index contributed by atoms with van der Waals surface area (Å²) in [6.45, 7) is 3.14. The predicted octanol–water partition coefficient (Wildman–Crippen LogP) is 1.32. The number of benzene rings is 1. The van der Waals surface area contributed by atoms with E-state index in [1.807, 2.05) is 0 Å². The van der Waals surface area contributed by atoms with Crippen LogP contribution in [0.2, 0.25) is 0 Å². The van der Waals surface area contributed by atoms with Gasteiger partial charge >= 0.3 is 5.97 Å². The first-order valence-electron chi connectivity index (χ1n) is 4.71. The van der Waals surface area contributed by atoms with Crippen molar-refractivity contribution in [2.24, 2.45) is 0 Å². The highest BCUT2D eigenvalue weighted by atomic mass is 16.5. The molecule has 0 saturated heterocycles. The zero-order valence-electron chi connectivity index (χ0n) is 9.46. The average Bonchev–Trinajstić information content (AvgIpc) is 2.21. The Bertz CT molecular complexity index is 441. The van der Waals surface area contributed by atoms with E-state index in [4.69, 9.17) is 5.73 Å². The maximum Gasteiger partial charge on any atom is 0.338 e. The van der Waals surface area contributed by atoms with Gasteiger partial charge in [0.2, 0.25) is 5.91 Å². The van der Waals surface area contributed by atoms with E-state index in [1.165, 1.54) is 20.1 Å². The summed E-state index contributed by atoms with van der Waals surface area (Å²) < 4.78 is 4.61. The van der Waals surface area contributed by atoms with Crippen LogP contribution in [0.1, 0.15) is 22.8 Å². The molecule has 5 heteroatoms. The Labute approximate surface area is 93.6 Å². The van der Waals surface area contributed by atoms with Gasteiger partial charge in [0.15, 0.2) is 0 Å². The van der Waals surface area contributed by atoms with Gasteiger partial charge in [0.25, 0.3) is 0 Å². The SMILES string of the molecule is COC(=O)c1cc(N)c(NC(C)=O)cc1C. The zero-order valence-corrected chi connectivity index (χ0v) is 9.46. The molecule has 1 amide bonds. The van der Waals surface area contributed by atoms with E-state index in [9.17, 15) is 9.59 Å². The lowest BCUT2D eigenvalue weighted by Crippen LogP contribution is -2.11. The van der Waals surface area contributed by atoms with Gasteiger partial charge in [-0.2, -0.15) is 0 Å². The number of esters is 1. The van der Waals surface area contributed by atoms with Crippen molar-refractivity contribution in [2.45, 2.75) is 13.8 Å². The first-order chi connectivity index (χ1) is 7.45. The van der Waals surface area contributed by atoms with E-state index in [-0.39, 0.29) is 5.91 Å². The van der Waals surface area contributed by atoms with E-state index in [0.717, 1.165) is 0 Å². The summed E-state index contributed by atoms with van der Waals surface area (Å²) in [5, 5.41) is 2.58. The highest BCUT2D eigenvalue weighted by Crippen LogP contribution is 2.23.